The standard InChI is InChI=1S/C20H19F3N2O2/c1-2-19(26)13-3-6-18(17(23)11-13)24-7-9-25(10-8-24)20(27)15-5-4-14(21)12-16(15)22/h3-6,11-12H,2,7-10H2,1H3. The van der Waals surface area contributed by atoms with Gasteiger partial charge in [0.15, 0.2) is 5.78 Å². The Labute approximate surface area is 155 Å². The van der Waals surface area contributed by atoms with E-state index in [1.165, 1.54) is 11.0 Å². The molecule has 0 aliphatic carbocycles. The number of Topliss-reactive ketones (excluding diaryl/α,β-unsaturated/α-hetero) is 1. The molecule has 7 heteroatoms. The third-order valence-corrected chi connectivity index (χ3v) is 4.66. The number of hydrogen-bond acceptors (Lipinski definition) is 3. The molecule has 0 radical (unpaired) electrons. The van der Waals surface area contributed by atoms with Gasteiger partial charge in [-0.2, -0.15) is 0 Å². The van der Waals surface area contributed by atoms with Crippen molar-refractivity contribution in [3.8, 4) is 0 Å². The van der Waals surface area contributed by atoms with Crippen molar-refractivity contribution in [2.45, 2.75) is 13.3 Å². The second-order valence-electron chi connectivity index (χ2n) is 6.35. The molecule has 0 bridgehead atoms. The predicted molar refractivity (Wildman–Crippen MR) is 95.5 cm³/mol. The average Bonchev–Trinajstić information content (AvgIpc) is 2.67. The number of carbonyl (C=O) groups is 2. The van der Waals surface area contributed by atoms with Crippen molar-refractivity contribution >= 4 is 17.4 Å². The lowest BCUT2D eigenvalue weighted by atomic mass is 10.1. The van der Waals surface area contributed by atoms with E-state index in [1.54, 1.807) is 24.0 Å². The maximum Gasteiger partial charge on any atom is 0.256 e. The number of halogens is 3. The highest BCUT2D eigenvalue weighted by Gasteiger charge is 2.25. The van der Waals surface area contributed by atoms with Crippen LogP contribution in [0.1, 0.15) is 34.1 Å². The molecule has 1 heterocycles. The van der Waals surface area contributed by atoms with Crippen LogP contribution in [0, 0.1) is 17.5 Å². The van der Waals surface area contributed by atoms with E-state index in [-0.39, 0.29) is 24.4 Å². The number of ketones is 1. The fraction of sp³-hybridized carbons (Fsp3) is 0.300. The first-order valence-corrected chi connectivity index (χ1v) is 8.72. The lowest BCUT2D eigenvalue weighted by Crippen LogP contribution is -2.49. The summed E-state index contributed by atoms with van der Waals surface area (Å²) in [6.07, 6.45) is 0.305. The molecule has 1 amide bonds. The molecule has 2 aromatic rings. The van der Waals surface area contributed by atoms with Crippen LogP contribution in [0.5, 0.6) is 0 Å². The normalized spacial score (nSPS) is 14.4. The first kappa shape index (κ1) is 18.9. The largest absolute Gasteiger partial charge is 0.366 e. The van der Waals surface area contributed by atoms with Gasteiger partial charge in [0.1, 0.15) is 17.5 Å². The van der Waals surface area contributed by atoms with E-state index < -0.39 is 23.4 Å². The number of rotatable bonds is 4. The van der Waals surface area contributed by atoms with Gasteiger partial charge < -0.3 is 9.80 Å². The SMILES string of the molecule is CCC(=O)c1ccc(N2CCN(C(=O)c3ccc(F)cc3F)CC2)c(F)c1. The Morgan fingerprint density at radius 3 is 2.22 bits per heavy atom. The van der Waals surface area contributed by atoms with Crippen LogP contribution in [0.25, 0.3) is 0 Å². The maximum absolute atomic E-state index is 14.4. The molecular formula is C20H19F3N2O2. The van der Waals surface area contributed by atoms with Gasteiger partial charge in [0.25, 0.3) is 5.91 Å². The summed E-state index contributed by atoms with van der Waals surface area (Å²) >= 11 is 0. The zero-order valence-corrected chi connectivity index (χ0v) is 14.8. The molecule has 1 aliphatic heterocycles. The molecule has 0 N–H and O–H groups in total. The molecule has 1 fully saturated rings. The third-order valence-electron chi connectivity index (χ3n) is 4.66. The van der Waals surface area contributed by atoms with E-state index >= 15 is 0 Å². The molecule has 0 spiro atoms. The smallest absolute Gasteiger partial charge is 0.256 e. The monoisotopic (exact) mass is 376 g/mol. The maximum atomic E-state index is 14.4. The van der Waals surface area contributed by atoms with Crippen molar-refractivity contribution in [3.05, 3.63) is 65.0 Å². The summed E-state index contributed by atoms with van der Waals surface area (Å²) in [6.45, 7) is 3.02. The topological polar surface area (TPSA) is 40.6 Å². The van der Waals surface area contributed by atoms with Crippen LogP contribution in [-0.2, 0) is 0 Å². The minimum absolute atomic E-state index is 0.128. The van der Waals surface area contributed by atoms with Gasteiger partial charge in [-0.3, -0.25) is 9.59 Å². The first-order chi connectivity index (χ1) is 12.9. The van der Waals surface area contributed by atoms with Crippen molar-refractivity contribution in [1.29, 1.82) is 0 Å². The number of piperazine rings is 1. The average molecular weight is 376 g/mol. The van der Waals surface area contributed by atoms with Crippen LogP contribution in [-0.4, -0.2) is 42.8 Å². The Balaban J connectivity index is 1.68. The number of nitrogens with zero attached hydrogens (tertiary/aromatic N) is 2. The van der Waals surface area contributed by atoms with Crippen LogP contribution in [0.4, 0.5) is 18.9 Å². The summed E-state index contributed by atoms with van der Waals surface area (Å²) < 4.78 is 41.2. The Kier molecular flexibility index (Phi) is 5.48. The summed E-state index contributed by atoms with van der Waals surface area (Å²) in [4.78, 5) is 27.3. The van der Waals surface area contributed by atoms with E-state index in [0.717, 1.165) is 12.1 Å². The van der Waals surface area contributed by atoms with Crippen molar-refractivity contribution in [3.63, 3.8) is 0 Å². The van der Waals surface area contributed by atoms with Crippen LogP contribution < -0.4 is 4.90 Å². The number of benzene rings is 2. The van der Waals surface area contributed by atoms with Gasteiger partial charge in [-0.05, 0) is 30.3 Å². The third kappa shape index (κ3) is 3.97. The van der Waals surface area contributed by atoms with Crippen LogP contribution in [0.2, 0.25) is 0 Å². The Morgan fingerprint density at radius 2 is 1.63 bits per heavy atom. The van der Waals surface area contributed by atoms with Crippen LogP contribution >= 0.6 is 0 Å². The van der Waals surface area contributed by atoms with Crippen molar-refractivity contribution in [2.75, 3.05) is 31.1 Å². The molecular weight excluding hydrogens is 357 g/mol. The highest BCUT2D eigenvalue weighted by atomic mass is 19.1. The summed E-state index contributed by atoms with van der Waals surface area (Å²) in [5.41, 5.74) is 0.514. The molecule has 1 aliphatic rings. The van der Waals surface area contributed by atoms with Gasteiger partial charge in [-0.1, -0.05) is 6.92 Å². The van der Waals surface area contributed by atoms with Gasteiger partial charge in [-0.15, -0.1) is 0 Å². The molecule has 0 atom stereocenters. The van der Waals surface area contributed by atoms with E-state index in [4.69, 9.17) is 0 Å². The van der Waals surface area contributed by atoms with Gasteiger partial charge in [-0.25, -0.2) is 13.2 Å². The molecule has 0 unspecified atom stereocenters. The minimum atomic E-state index is -0.898. The van der Waals surface area contributed by atoms with Crippen LogP contribution in [0.15, 0.2) is 36.4 Å². The number of anilines is 1. The van der Waals surface area contributed by atoms with Gasteiger partial charge in [0.05, 0.1) is 11.3 Å². The summed E-state index contributed by atoms with van der Waals surface area (Å²) in [5, 5.41) is 0. The van der Waals surface area contributed by atoms with E-state index in [0.29, 0.717) is 36.8 Å². The van der Waals surface area contributed by atoms with E-state index in [2.05, 4.69) is 0 Å². The van der Waals surface area contributed by atoms with Gasteiger partial charge in [0, 0.05) is 44.2 Å². The second kappa shape index (κ2) is 7.82. The van der Waals surface area contributed by atoms with Crippen molar-refractivity contribution in [2.24, 2.45) is 0 Å². The Hall–Kier alpha value is -2.83. The van der Waals surface area contributed by atoms with Gasteiger partial charge >= 0.3 is 0 Å². The zero-order chi connectivity index (χ0) is 19.6. The highest BCUT2D eigenvalue weighted by Crippen LogP contribution is 2.23. The summed E-state index contributed by atoms with van der Waals surface area (Å²) in [5.74, 6) is -2.77. The van der Waals surface area contributed by atoms with Crippen molar-refractivity contribution < 1.29 is 22.8 Å². The molecule has 4 nitrogen and oxygen atoms in total. The summed E-state index contributed by atoms with van der Waals surface area (Å²) in [7, 11) is 0. The van der Waals surface area contributed by atoms with Crippen molar-refractivity contribution in [1.82, 2.24) is 4.90 Å². The molecule has 27 heavy (non-hydrogen) atoms. The predicted octanol–water partition coefficient (Wildman–Crippen LogP) is 3.66. The molecule has 3 rings (SSSR count). The first-order valence-electron chi connectivity index (χ1n) is 8.72. The molecule has 0 aromatic heterocycles. The van der Waals surface area contributed by atoms with Crippen LogP contribution in [0.3, 0.4) is 0 Å². The fourth-order valence-electron chi connectivity index (χ4n) is 3.12. The quantitative estimate of drug-likeness (QED) is 0.765. The molecule has 1 saturated heterocycles. The fourth-order valence-corrected chi connectivity index (χ4v) is 3.12. The lowest BCUT2D eigenvalue weighted by molar-refractivity contribution is 0.0741. The van der Waals surface area contributed by atoms with E-state index in [9.17, 15) is 22.8 Å². The second-order valence-corrected chi connectivity index (χ2v) is 6.35. The highest BCUT2D eigenvalue weighted by molar-refractivity contribution is 5.96. The number of amides is 1. The minimum Gasteiger partial charge on any atom is -0.366 e. The number of hydrogen-bond donors (Lipinski definition) is 0. The lowest BCUT2D eigenvalue weighted by Gasteiger charge is -2.36. The Bertz CT molecular complexity index is 878. The van der Waals surface area contributed by atoms with Gasteiger partial charge in [0.2, 0.25) is 0 Å². The summed E-state index contributed by atoms with van der Waals surface area (Å²) in [6, 6.07) is 7.24. The zero-order valence-electron chi connectivity index (χ0n) is 14.8. The molecule has 2 aromatic carbocycles. The van der Waals surface area contributed by atoms with E-state index in [1.807, 2.05) is 0 Å². The Morgan fingerprint density at radius 1 is 0.926 bits per heavy atom. The molecule has 142 valence electrons. The molecule has 0 saturated carbocycles. The number of carbonyl (C=O) groups excluding carboxylic acids is 2.